The minimum atomic E-state index is -0.750. The largest absolute Gasteiger partial charge is 0.453 e. The fourth-order valence-corrected chi connectivity index (χ4v) is 4.76. The lowest BCUT2D eigenvalue weighted by molar-refractivity contribution is -0.155. The van der Waals surface area contributed by atoms with Crippen LogP contribution in [-0.2, 0) is 14.3 Å². The predicted octanol–water partition coefficient (Wildman–Crippen LogP) is 4.32. The van der Waals surface area contributed by atoms with Crippen molar-refractivity contribution in [2.24, 2.45) is 5.92 Å². The Morgan fingerprint density at radius 2 is 1.88 bits per heavy atom. The molecule has 1 aromatic rings. The molecule has 0 bridgehead atoms. The van der Waals surface area contributed by atoms with Crippen molar-refractivity contribution in [3.8, 4) is 0 Å². The summed E-state index contributed by atoms with van der Waals surface area (Å²) in [4.78, 5) is 31.4. The Bertz CT molecular complexity index is 563. The van der Waals surface area contributed by atoms with Crippen molar-refractivity contribution in [3.05, 3.63) is 11.6 Å². The Balaban J connectivity index is 1.63. The molecule has 2 fully saturated rings. The molecule has 2 aliphatic rings. The van der Waals surface area contributed by atoms with Crippen molar-refractivity contribution < 1.29 is 14.3 Å². The molecule has 2 saturated carbocycles. The van der Waals surface area contributed by atoms with Gasteiger partial charge in [0.1, 0.15) is 0 Å². The van der Waals surface area contributed by atoms with Gasteiger partial charge in [0.15, 0.2) is 11.2 Å². The highest BCUT2D eigenvalue weighted by molar-refractivity contribution is 7.13. The molecule has 138 valence electrons. The van der Waals surface area contributed by atoms with Gasteiger partial charge in [0.2, 0.25) is 0 Å². The molecule has 25 heavy (non-hydrogen) atoms. The third kappa shape index (κ3) is 4.81. The molecule has 1 unspecified atom stereocenters. The van der Waals surface area contributed by atoms with E-state index in [1.54, 1.807) is 18.0 Å². The Hall–Kier alpha value is -1.43. The van der Waals surface area contributed by atoms with Crippen LogP contribution in [-0.4, -0.2) is 29.0 Å². The molecule has 5 nitrogen and oxygen atoms in total. The molecule has 0 N–H and O–H groups in total. The van der Waals surface area contributed by atoms with Crippen molar-refractivity contribution in [1.82, 2.24) is 4.98 Å². The number of anilines is 1. The lowest BCUT2D eigenvalue weighted by Gasteiger charge is -2.33. The van der Waals surface area contributed by atoms with Crippen molar-refractivity contribution in [3.63, 3.8) is 0 Å². The predicted molar refractivity (Wildman–Crippen MR) is 98.6 cm³/mol. The van der Waals surface area contributed by atoms with E-state index in [2.05, 4.69) is 4.98 Å². The van der Waals surface area contributed by atoms with Crippen LogP contribution in [0.4, 0.5) is 5.13 Å². The normalized spacial score (nSPS) is 20.4. The van der Waals surface area contributed by atoms with Gasteiger partial charge < -0.3 is 4.74 Å². The first-order valence-electron chi connectivity index (χ1n) is 9.57. The molecule has 0 saturated heterocycles. The van der Waals surface area contributed by atoms with Gasteiger partial charge >= 0.3 is 5.97 Å². The Morgan fingerprint density at radius 1 is 1.20 bits per heavy atom. The number of thiazole rings is 1. The molecule has 0 spiro atoms. The van der Waals surface area contributed by atoms with Crippen LogP contribution >= 0.6 is 11.3 Å². The second-order valence-corrected chi connectivity index (χ2v) is 8.17. The monoisotopic (exact) mass is 364 g/mol. The van der Waals surface area contributed by atoms with Crippen LogP contribution in [0.1, 0.15) is 71.1 Å². The molecule has 1 aromatic heterocycles. The number of rotatable bonds is 6. The zero-order chi connectivity index (χ0) is 17.6. The quantitative estimate of drug-likeness (QED) is 0.705. The molecule has 0 radical (unpaired) electrons. The topological polar surface area (TPSA) is 59.5 Å². The van der Waals surface area contributed by atoms with Crippen LogP contribution in [0.2, 0.25) is 0 Å². The molecule has 3 rings (SSSR count). The summed E-state index contributed by atoms with van der Waals surface area (Å²) < 4.78 is 5.49. The van der Waals surface area contributed by atoms with Gasteiger partial charge in [-0.2, -0.15) is 0 Å². The van der Waals surface area contributed by atoms with Gasteiger partial charge in [0, 0.05) is 24.0 Å². The average Bonchev–Trinajstić information content (AvgIpc) is 3.30. The SMILES string of the molecule is CC(OC(=O)CC1CCCC1)C(=O)N(c1nccs1)C1CCCCC1. The molecular formula is C19H28N2O3S. The lowest BCUT2D eigenvalue weighted by Crippen LogP contribution is -2.47. The highest BCUT2D eigenvalue weighted by Crippen LogP contribution is 2.30. The van der Waals surface area contributed by atoms with Crippen LogP contribution in [0, 0.1) is 5.92 Å². The first-order valence-corrected chi connectivity index (χ1v) is 10.4. The van der Waals surface area contributed by atoms with Gasteiger partial charge in [0.05, 0.1) is 0 Å². The number of carbonyl (C=O) groups is 2. The van der Waals surface area contributed by atoms with Gasteiger partial charge in [0.25, 0.3) is 5.91 Å². The molecule has 1 atom stereocenters. The Morgan fingerprint density at radius 3 is 2.52 bits per heavy atom. The first-order chi connectivity index (χ1) is 12.1. The molecular weight excluding hydrogens is 336 g/mol. The number of aromatic nitrogens is 1. The van der Waals surface area contributed by atoms with Gasteiger partial charge in [-0.25, -0.2) is 4.98 Å². The highest BCUT2D eigenvalue weighted by Gasteiger charge is 2.33. The maximum absolute atomic E-state index is 13.0. The van der Waals surface area contributed by atoms with Crippen molar-refractivity contribution in [1.29, 1.82) is 0 Å². The number of hydrogen-bond acceptors (Lipinski definition) is 5. The van der Waals surface area contributed by atoms with Crippen LogP contribution in [0.15, 0.2) is 11.6 Å². The van der Waals surface area contributed by atoms with E-state index in [1.807, 2.05) is 5.38 Å². The number of hydrogen-bond donors (Lipinski definition) is 0. The second-order valence-electron chi connectivity index (χ2n) is 7.30. The first kappa shape index (κ1) is 18.4. The number of esters is 1. The summed E-state index contributed by atoms with van der Waals surface area (Å²) in [6, 6.07) is 0.170. The number of carbonyl (C=O) groups excluding carboxylic acids is 2. The van der Waals surface area contributed by atoms with Gasteiger partial charge in [-0.1, -0.05) is 32.1 Å². The molecule has 0 aliphatic heterocycles. The van der Waals surface area contributed by atoms with E-state index in [-0.39, 0.29) is 17.9 Å². The van der Waals surface area contributed by atoms with Crippen molar-refractivity contribution in [2.45, 2.75) is 83.3 Å². The lowest BCUT2D eigenvalue weighted by atomic mass is 9.94. The highest BCUT2D eigenvalue weighted by atomic mass is 32.1. The summed E-state index contributed by atoms with van der Waals surface area (Å²) in [5.74, 6) is 0.0558. The summed E-state index contributed by atoms with van der Waals surface area (Å²) in [5, 5.41) is 2.60. The van der Waals surface area contributed by atoms with Gasteiger partial charge in [-0.15, -0.1) is 11.3 Å². The summed E-state index contributed by atoms with van der Waals surface area (Å²) in [7, 11) is 0. The zero-order valence-corrected chi connectivity index (χ0v) is 15.8. The molecule has 6 heteroatoms. The van der Waals surface area contributed by atoms with Gasteiger partial charge in [-0.05, 0) is 38.5 Å². The number of amides is 1. The van der Waals surface area contributed by atoms with E-state index in [1.165, 1.54) is 30.6 Å². The third-order valence-electron chi connectivity index (χ3n) is 5.39. The van der Waals surface area contributed by atoms with E-state index in [9.17, 15) is 9.59 Å². The second kappa shape index (κ2) is 8.79. The summed E-state index contributed by atoms with van der Waals surface area (Å²) in [5.41, 5.74) is 0. The van der Waals surface area contributed by atoms with E-state index < -0.39 is 6.10 Å². The molecule has 1 heterocycles. The van der Waals surface area contributed by atoms with Crippen LogP contribution in [0.25, 0.3) is 0 Å². The van der Waals surface area contributed by atoms with Crippen molar-refractivity contribution >= 4 is 28.3 Å². The fraction of sp³-hybridized carbons (Fsp3) is 0.737. The summed E-state index contributed by atoms with van der Waals surface area (Å²) in [6.07, 6.45) is 11.5. The fourth-order valence-electron chi connectivity index (χ4n) is 4.05. The van der Waals surface area contributed by atoms with E-state index >= 15 is 0 Å². The maximum atomic E-state index is 13.0. The number of nitrogens with zero attached hydrogens (tertiary/aromatic N) is 2. The van der Waals surface area contributed by atoms with E-state index in [4.69, 9.17) is 4.74 Å². The molecule has 2 aliphatic carbocycles. The minimum Gasteiger partial charge on any atom is -0.453 e. The van der Waals surface area contributed by atoms with Crippen LogP contribution < -0.4 is 4.90 Å². The summed E-state index contributed by atoms with van der Waals surface area (Å²) in [6.45, 7) is 1.69. The summed E-state index contributed by atoms with van der Waals surface area (Å²) >= 11 is 1.47. The third-order valence-corrected chi connectivity index (χ3v) is 6.16. The molecule has 0 aromatic carbocycles. The minimum absolute atomic E-state index is 0.137. The van der Waals surface area contributed by atoms with Crippen LogP contribution in [0.3, 0.4) is 0 Å². The van der Waals surface area contributed by atoms with Crippen LogP contribution in [0.5, 0.6) is 0 Å². The maximum Gasteiger partial charge on any atom is 0.306 e. The smallest absolute Gasteiger partial charge is 0.306 e. The average molecular weight is 365 g/mol. The van der Waals surface area contributed by atoms with Crippen molar-refractivity contribution in [2.75, 3.05) is 4.90 Å². The zero-order valence-electron chi connectivity index (χ0n) is 15.0. The Labute approximate surface area is 153 Å². The van der Waals surface area contributed by atoms with E-state index in [0.717, 1.165) is 43.7 Å². The molecule has 1 amide bonds. The van der Waals surface area contributed by atoms with E-state index in [0.29, 0.717) is 12.3 Å². The standard InChI is InChI=1S/C19H28N2O3S/c1-14(24-17(22)13-15-7-5-6-8-15)18(23)21(19-20-11-12-25-19)16-9-3-2-4-10-16/h11-12,14-16H,2-10,13H2,1H3. The Kier molecular flexibility index (Phi) is 6.45. The number of ether oxygens (including phenoxy) is 1. The van der Waals surface area contributed by atoms with Gasteiger partial charge in [-0.3, -0.25) is 14.5 Å².